The van der Waals surface area contributed by atoms with Crippen molar-refractivity contribution < 1.29 is 9.90 Å². The maximum absolute atomic E-state index is 12.4. The van der Waals surface area contributed by atoms with Crippen LogP contribution in [0, 0.1) is 5.92 Å². The number of hydrogen-bond acceptors (Lipinski definition) is 2. The van der Waals surface area contributed by atoms with Gasteiger partial charge in [-0.1, -0.05) is 32.0 Å². The fourth-order valence-corrected chi connectivity index (χ4v) is 2.44. The van der Waals surface area contributed by atoms with Crippen LogP contribution in [0.2, 0.25) is 0 Å². The third kappa shape index (κ3) is 2.56. The zero-order valence-electron chi connectivity index (χ0n) is 11.1. The highest BCUT2D eigenvalue weighted by molar-refractivity contribution is 5.95. The molecule has 1 aliphatic heterocycles. The number of hydrogen-bond donors (Lipinski definition) is 1. The van der Waals surface area contributed by atoms with Crippen molar-refractivity contribution in [1.82, 2.24) is 4.90 Å². The number of likely N-dealkylation sites (tertiary alicyclic amines) is 1. The van der Waals surface area contributed by atoms with Crippen molar-refractivity contribution in [3.63, 3.8) is 0 Å². The van der Waals surface area contributed by atoms with Gasteiger partial charge in [0.05, 0.1) is 6.10 Å². The summed E-state index contributed by atoms with van der Waals surface area (Å²) in [6, 6.07) is 7.74. The van der Waals surface area contributed by atoms with E-state index in [1.165, 1.54) is 0 Å². The molecular weight excluding hydrogens is 226 g/mol. The van der Waals surface area contributed by atoms with Gasteiger partial charge in [-0.15, -0.1) is 0 Å². The summed E-state index contributed by atoms with van der Waals surface area (Å²) in [4.78, 5) is 14.2. The zero-order chi connectivity index (χ0) is 13.1. The second kappa shape index (κ2) is 5.53. The minimum absolute atomic E-state index is 0.0541. The number of aryl methyl sites for hydroxylation is 1. The minimum Gasteiger partial charge on any atom is -0.391 e. The van der Waals surface area contributed by atoms with Crippen LogP contribution in [-0.4, -0.2) is 35.1 Å². The van der Waals surface area contributed by atoms with Gasteiger partial charge in [-0.2, -0.15) is 0 Å². The van der Waals surface area contributed by atoms with Crippen LogP contribution in [0.15, 0.2) is 24.3 Å². The third-order valence-corrected chi connectivity index (χ3v) is 3.83. The van der Waals surface area contributed by atoms with Crippen molar-refractivity contribution in [2.75, 3.05) is 13.1 Å². The largest absolute Gasteiger partial charge is 0.391 e. The van der Waals surface area contributed by atoms with E-state index in [0.717, 1.165) is 30.5 Å². The molecule has 1 fully saturated rings. The average Bonchev–Trinajstić information content (AvgIpc) is 2.41. The molecule has 1 heterocycles. The molecule has 0 aliphatic carbocycles. The number of carbonyl (C=O) groups is 1. The molecule has 0 aromatic heterocycles. The standard InChI is InChI=1S/C15H21NO2/c1-3-12-6-4-5-7-13(12)15(18)16-9-8-11(2)14(17)10-16/h4-7,11,14,17H,3,8-10H2,1-2H3. The van der Waals surface area contributed by atoms with E-state index >= 15 is 0 Å². The van der Waals surface area contributed by atoms with Crippen molar-refractivity contribution in [3.8, 4) is 0 Å². The van der Waals surface area contributed by atoms with E-state index in [1.807, 2.05) is 31.2 Å². The number of benzene rings is 1. The number of β-amino-alcohol motifs (C(OH)–C–C–N with tert-alkyl or cyclic N) is 1. The summed E-state index contributed by atoms with van der Waals surface area (Å²) in [5, 5.41) is 9.88. The molecule has 1 N–H and O–H groups in total. The zero-order valence-corrected chi connectivity index (χ0v) is 11.1. The van der Waals surface area contributed by atoms with E-state index in [9.17, 15) is 9.90 Å². The summed E-state index contributed by atoms with van der Waals surface area (Å²) in [5.41, 5.74) is 1.86. The van der Waals surface area contributed by atoms with Gasteiger partial charge in [0.25, 0.3) is 5.91 Å². The summed E-state index contributed by atoms with van der Waals surface area (Å²) >= 11 is 0. The molecule has 0 radical (unpaired) electrons. The number of aliphatic hydroxyl groups excluding tert-OH is 1. The van der Waals surface area contributed by atoms with Crippen LogP contribution in [0.25, 0.3) is 0 Å². The van der Waals surface area contributed by atoms with Gasteiger partial charge in [0.15, 0.2) is 0 Å². The van der Waals surface area contributed by atoms with Gasteiger partial charge < -0.3 is 10.0 Å². The van der Waals surface area contributed by atoms with Gasteiger partial charge in [0.2, 0.25) is 0 Å². The lowest BCUT2D eigenvalue weighted by Gasteiger charge is -2.34. The second-order valence-electron chi connectivity index (χ2n) is 5.10. The summed E-state index contributed by atoms with van der Waals surface area (Å²) in [6.45, 7) is 5.29. The molecule has 1 saturated heterocycles. The molecule has 2 rings (SSSR count). The monoisotopic (exact) mass is 247 g/mol. The highest BCUT2D eigenvalue weighted by Crippen LogP contribution is 2.20. The van der Waals surface area contributed by atoms with Crippen LogP contribution >= 0.6 is 0 Å². The van der Waals surface area contributed by atoms with Crippen LogP contribution in [0.5, 0.6) is 0 Å². The Morgan fingerprint density at radius 2 is 2.17 bits per heavy atom. The highest BCUT2D eigenvalue weighted by Gasteiger charge is 2.28. The Balaban J connectivity index is 2.16. The molecule has 0 saturated carbocycles. The summed E-state index contributed by atoms with van der Waals surface area (Å²) < 4.78 is 0. The Labute approximate surface area is 108 Å². The molecule has 3 nitrogen and oxygen atoms in total. The molecule has 1 aromatic carbocycles. The first kappa shape index (κ1) is 13.1. The van der Waals surface area contributed by atoms with Crippen LogP contribution in [-0.2, 0) is 6.42 Å². The predicted molar refractivity (Wildman–Crippen MR) is 71.5 cm³/mol. The highest BCUT2D eigenvalue weighted by atomic mass is 16.3. The van der Waals surface area contributed by atoms with Crippen molar-refractivity contribution in [3.05, 3.63) is 35.4 Å². The number of carbonyl (C=O) groups excluding carboxylic acids is 1. The van der Waals surface area contributed by atoms with Crippen LogP contribution in [0.4, 0.5) is 0 Å². The molecule has 1 amide bonds. The lowest BCUT2D eigenvalue weighted by molar-refractivity contribution is 0.0248. The quantitative estimate of drug-likeness (QED) is 0.869. The minimum atomic E-state index is -0.392. The van der Waals surface area contributed by atoms with Gasteiger partial charge in [0, 0.05) is 18.7 Å². The Bertz CT molecular complexity index is 430. The van der Waals surface area contributed by atoms with Crippen LogP contribution in [0.3, 0.4) is 0 Å². The molecule has 18 heavy (non-hydrogen) atoms. The first-order chi connectivity index (χ1) is 8.63. The van der Waals surface area contributed by atoms with E-state index < -0.39 is 6.10 Å². The normalized spacial score (nSPS) is 24.1. The van der Waals surface area contributed by atoms with Crippen molar-refractivity contribution in [2.24, 2.45) is 5.92 Å². The van der Waals surface area contributed by atoms with Crippen molar-refractivity contribution >= 4 is 5.91 Å². The first-order valence-corrected chi connectivity index (χ1v) is 6.68. The maximum atomic E-state index is 12.4. The molecule has 1 aliphatic rings. The molecule has 1 aromatic rings. The second-order valence-corrected chi connectivity index (χ2v) is 5.10. The van der Waals surface area contributed by atoms with E-state index in [2.05, 4.69) is 6.92 Å². The Morgan fingerprint density at radius 1 is 1.44 bits per heavy atom. The maximum Gasteiger partial charge on any atom is 0.254 e. The van der Waals surface area contributed by atoms with Gasteiger partial charge in [-0.25, -0.2) is 0 Å². The van der Waals surface area contributed by atoms with Crippen LogP contribution < -0.4 is 0 Å². The van der Waals surface area contributed by atoms with E-state index in [1.54, 1.807) is 4.90 Å². The molecule has 2 unspecified atom stereocenters. The van der Waals surface area contributed by atoms with E-state index in [-0.39, 0.29) is 11.8 Å². The van der Waals surface area contributed by atoms with Gasteiger partial charge in [-0.3, -0.25) is 4.79 Å². The number of rotatable bonds is 2. The van der Waals surface area contributed by atoms with Crippen molar-refractivity contribution in [1.29, 1.82) is 0 Å². The Morgan fingerprint density at radius 3 is 2.83 bits per heavy atom. The predicted octanol–water partition coefficient (Wildman–Crippen LogP) is 2.09. The van der Waals surface area contributed by atoms with Gasteiger partial charge in [0.1, 0.15) is 0 Å². The van der Waals surface area contributed by atoms with Gasteiger partial charge >= 0.3 is 0 Å². The summed E-state index contributed by atoms with van der Waals surface area (Å²) in [7, 11) is 0. The first-order valence-electron chi connectivity index (χ1n) is 6.68. The molecule has 3 heteroatoms. The topological polar surface area (TPSA) is 40.5 Å². The molecule has 98 valence electrons. The number of amides is 1. The smallest absolute Gasteiger partial charge is 0.254 e. The Hall–Kier alpha value is -1.35. The summed E-state index contributed by atoms with van der Waals surface area (Å²) in [5.74, 6) is 0.342. The number of nitrogens with zero attached hydrogens (tertiary/aromatic N) is 1. The molecule has 0 bridgehead atoms. The summed E-state index contributed by atoms with van der Waals surface area (Å²) in [6.07, 6.45) is 1.34. The molecule has 2 atom stereocenters. The van der Waals surface area contributed by atoms with E-state index in [4.69, 9.17) is 0 Å². The lowest BCUT2D eigenvalue weighted by atomic mass is 9.95. The van der Waals surface area contributed by atoms with Gasteiger partial charge in [-0.05, 0) is 30.4 Å². The van der Waals surface area contributed by atoms with Crippen molar-refractivity contribution in [2.45, 2.75) is 32.8 Å². The molecular formula is C15H21NO2. The SMILES string of the molecule is CCc1ccccc1C(=O)N1CCC(C)C(O)C1. The average molecular weight is 247 g/mol. The fraction of sp³-hybridized carbons (Fsp3) is 0.533. The Kier molecular flexibility index (Phi) is 4.02. The lowest BCUT2D eigenvalue weighted by Crippen LogP contribution is -2.46. The van der Waals surface area contributed by atoms with Crippen LogP contribution in [0.1, 0.15) is 36.2 Å². The van der Waals surface area contributed by atoms with E-state index in [0.29, 0.717) is 6.54 Å². The third-order valence-electron chi connectivity index (χ3n) is 3.83. The number of aliphatic hydroxyl groups is 1. The fourth-order valence-electron chi connectivity index (χ4n) is 2.44. The number of piperidine rings is 1. The molecule has 0 spiro atoms.